The molecule has 0 atom stereocenters. The lowest BCUT2D eigenvalue weighted by atomic mass is 10.1. The van der Waals surface area contributed by atoms with Gasteiger partial charge in [0, 0.05) is 11.1 Å². The summed E-state index contributed by atoms with van der Waals surface area (Å²) in [6.07, 6.45) is 0. The van der Waals surface area contributed by atoms with E-state index in [1.54, 1.807) is 54.6 Å². The van der Waals surface area contributed by atoms with Gasteiger partial charge in [0.2, 0.25) is 5.91 Å². The van der Waals surface area contributed by atoms with E-state index in [4.69, 9.17) is 27.6 Å². The number of halogens is 2. The number of fused-ring (bicyclic) bond motifs is 1. The second-order valence-corrected chi connectivity index (χ2v) is 5.90. The van der Waals surface area contributed by atoms with Crippen LogP contribution in [0.2, 0.25) is 0 Å². The Labute approximate surface area is 158 Å². The van der Waals surface area contributed by atoms with E-state index in [0.717, 1.165) is 0 Å². The van der Waals surface area contributed by atoms with E-state index >= 15 is 0 Å². The van der Waals surface area contributed by atoms with Gasteiger partial charge in [-0.2, -0.15) is 0 Å². The molecule has 0 radical (unpaired) electrons. The molecule has 1 heterocycles. The molecule has 132 valence electrons. The van der Waals surface area contributed by atoms with Crippen molar-refractivity contribution < 1.29 is 14.0 Å². The van der Waals surface area contributed by atoms with Gasteiger partial charge in [-0.1, -0.05) is 30.3 Å². The molecule has 0 N–H and O–H groups in total. The van der Waals surface area contributed by atoms with Crippen LogP contribution in [0.5, 0.6) is 0 Å². The number of hydrogen-bond donors (Lipinski definition) is 0. The minimum atomic E-state index is -0.854. The maximum absolute atomic E-state index is 12.6. The van der Waals surface area contributed by atoms with E-state index in [0.29, 0.717) is 11.1 Å². The maximum Gasteiger partial charge on any atom is 0.349 e. The molecule has 0 spiro atoms. The van der Waals surface area contributed by atoms with Crippen molar-refractivity contribution >= 4 is 57.2 Å². The van der Waals surface area contributed by atoms with Crippen molar-refractivity contribution in [2.75, 3.05) is 16.7 Å². The molecule has 0 saturated heterocycles. The van der Waals surface area contributed by atoms with Crippen LogP contribution in [-0.2, 0) is 4.79 Å². The molecule has 0 fully saturated rings. The molecule has 0 saturated carbocycles. The summed E-state index contributed by atoms with van der Waals surface area (Å²) >= 11 is 11.5. The molecule has 1 aromatic heterocycles. The van der Waals surface area contributed by atoms with Gasteiger partial charge in [-0.15, -0.1) is 23.2 Å². The number of rotatable bonds is 5. The third kappa shape index (κ3) is 3.23. The zero-order chi connectivity index (χ0) is 18.7. The summed E-state index contributed by atoms with van der Waals surface area (Å²) in [5, 5.41) is 0.433. The lowest BCUT2D eigenvalue weighted by Crippen LogP contribution is -2.31. The number of hydrogen-bond acceptors (Lipinski definition) is 4. The van der Waals surface area contributed by atoms with Crippen LogP contribution in [0, 0.1) is 0 Å². The quantitative estimate of drug-likeness (QED) is 0.374. The highest BCUT2D eigenvalue weighted by Gasteiger charge is 2.28. The summed E-state index contributed by atoms with van der Waals surface area (Å²) in [5.41, 5.74) is -0.285. The van der Waals surface area contributed by atoms with Crippen molar-refractivity contribution in [3.05, 3.63) is 70.6 Å². The summed E-state index contributed by atoms with van der Waals surface area (Å²) in [7, 11) is 0. The van der Waals surface area contributed by atoms with E-state index in [-0.39, 0.29) is 22.7 Å². The Bertz CT molecular complexity index is 1030. The minimum absolute atomic E-state index is 0.124. The average Bonchev–Trinajstić information content (AvgIpc) is 2.68. The van der Waals surface area contributed by atoms with Gasteiger partial charge in [0.15, 0.2) is 5.78 Å². The largest absolute Gasteiger partial charge is 0.422 e. The number of benzene rings is 2. The first kappa shape index (κ1) is 18.2. The summed E-state index contributed by atoms with van der Waals surface area (Å²) in [6, 6.07) is 15.3. The van der Waals surface area contributed by atoms with Crippen LogP contribution >= 0.6 is 23.2 Å². The maximum atomic E-state index is 12.6. The number of amides is 1. The fourth-order valence-corrected chi connectivity index (χ4v) is 2.97. The molecule has 0 aliphatic rings. The Kier molecular flexibility index (Phi) is 5.40. The molecule has 0 unspecified atom stereocenters. The second kappa shape index (κ2) is 7.72. The molecule has 3 rings (SSSR count). The van der Waals surface area contributed by atoms with Crippen molar-refractivity contribution in [1.82, 2.24) is 0 Å². The fraction of sp³-hybridized carbons (Fsp3) is 0.105. The van der Waals surface area contributed by atoms with Crippen LogP contribution in [0.25, 0.3) is 11.0 Å². The van der Waals surface area contributed by atoms with Crippen LogP contribution in [0.4, 0.5) is 11.4 Å². The highest BCUT2D eigenvalue weighted by Crippen LogP contribution is 2.34. The number of alkyl halides is 2. The van der Waals surface area contributed by atoms with Crippen molar-refractivity contribution in [3.63, 3.8) is 0 Å². The first-order valence-electron chi connectivity index (χ1n) is 7.67. The zero-order valence-corrected chi connectivity index (χ0v) is 15.0. The normalized spacial score (nSPS) is 10.7. The number of ketones is 1. The molecule has 1 amide bonds. The third-order valence-electron chi connectivity index (χ3n) is 3.79. The number of carbonyl (C=O) groups is 2. The Morgan fingerprint density at radius 2 is 1.58 bits per heavy atom. The standard InChI is InChI=1S/C19H13Cl2NO4/c20-10-14(23)17-18(13-8-4-5-9-15(13)26-19(17)25)22(16(24)11-21)12-6-2-1-3-7-12/h1-9H,10-11H2. The molecule has 26 heavy (non-hydrogen) atoms. The summed E-state index contributed by atoms with van der Waals surface area (Å²) in [5.74, 6) is -1.88. The highest BCUT2D eigenvalue weighted by atomic mass is 35.5. The minimum Gasteiger partial charge on any atom is -0.422 e. The molecule has 0 aliphatic carbocycles. The summed E-state index contributed by atoms with van der Waals surface area (Å²) in [6.45, 7) is 0. The fourth-order valence-electron chi connectivity index (χ4n) is 2.71. The average molecular weight is 390 g/mol. The Morgan fingerprint density at radius 1 is 0.923 bits per heavy atom. The molecule has 2 aromatic carbocycles. The monoisotopic (exact) mass is 389 g/mol. The van der Waals surface area contributed by atoms with Gasteiger partial charge in [-0.25, -0.2) is 4.79 Å². The van der Waals surface area contributed by atoms with Crippen LogP contribution in [-0.4, -0.2) is 23.5 Å². The molecule has 0 aliphatic heterocycles. The van der Waals surface area contributed by atoms with Gasteiger partial charge in [0.1, 0.15) is 17.0 Å². The lowest BCUT2D eigenvalue weighted by Gasteiger charge is -2.25. The molecular weight excluding hydrogens is 377 g/mol. The van der Waals surface area contributed by atoms with Gasteiger partial charge < -0.3 is 4.42 Å². The number of para-hydroxylation sites is 2. The van der Waals surface area contributed by atoms with Crippen LogP contribution in [0.1, 0.15) is 10.4 Å². The van der Waals surface area contributed by atoms with Crippen LogP contribution in [0.3, 0.4) is 0 Å². The molecule has 3 aromatic rings. The van der Waals surface area contributed by atoms with Gasteiger partial charge in [0.05, 0.1) is 11.6 Å². The van der Waals surface area contributed by atoms with Crippen LogP contribution < -0.4 is 10.5 Å². The zero-order valence-electron chi connectivity index (χ0n) is 13.4. The summed E-state index contributed by atoms with van der Waals surface area (Å²) < 4.78 is 5.25. The van der Waals surface area contributed by atoms with Gasteiger partial charge in [-0.3, -0.25) is 14.5 Å². The molecule has 5 nitrogen and oxygen atoms in total. The van der Waals surface area contributed by atoms with Crippen molar-refractivity contribution in [3.8, 4) is 0 Å². The second-order valence-electron chi connectivity index (χ2n) is 5.36. The summed E-state index contributed by atoms with van der Waals surface area (Å²) in [4.78, 5) is 38.8. The Morgan fingerprint density at radius 3 is 2.23 bits per heavy atom. The smallest absolute Gasteiger partial charge is 0.349 e. The predicted octanol–water partition coefficient (Wildman–Crippen LogP) is 4.12. The van der Waals surface area contributed by atoms with Gasteiger partial charge >= 0.3 is 5.63 Å². The topological polar surface area (TPSA) is 67.6 Å². The van der Waals surface area contributed by atoms with Crippen molar-refractivity contribution in [2.45, 2.75) is 0 Å². The highest BCUT2D eigenvalue weighted by molar-refractivity contribution is 6.34. The SMILES string of the molecule is O=C(CCl)c1c(N(C(=O)CCl)c2ccccc2)c2ccccc2oc1=O. The van der Waals surface area contributed by atoms with Crippen molar-refractivity contribution in [2.24, 2.45) is 0 Å². The van der Waals surface area contributed by atoms with E-state index < -0.39 is 23.2 Å². The van der Waals surface area contributed by atoms with Crippen molar-refractivity contribution in [1.29, 1.82) is 0 Å². The number of nitrogens with zero attached hydrogens (tertiary/aromatic N) is 1. The lowest BCUT2D eigenvalue weighted by molar-refractivity contribution is -0.115. The first-order chi connectivity index (χ1) is 12.6. The predicted molar refractivity (Wildman–Crippen MR) is 102 cm³/mol. The van der Waals surface area contributed by atoms with E-state index in [1.807, 2.05) is 0 Å². The number of anilines is 2. The third-order valence-corrected chi connectivity index (χ3v) is 4.26. The Hall–Kier alpha value is -2.63. The molecular formula is C19H13Cl2NO4. The molecule has 7 heteroatoms. The van der Waals surface area contributed by atoms with Gasteiger partial charge in [-0.05, 0) is 24.3 Å². The first-order valence-corrected chi connectivity index (χ1v) is 8.74. The molecule has 0 bridgehead atoms. The van der Waals surface area contributed by atoms with E-state index in [9.17, 15) is 14.4 Å². The Balaban J connectivity index is 2.44. The van der Waals surface area contributed by atoms with Crippen LogP contribution in [0.15, 0.2) is 63.8 Å². The number of carbonyl (C=O) groups excluding carboxylic acids is 2. The van der Waals surface area contributed by atoms with E-state index in [1.165, 1.54) is 4.90 Å². The number of Topliss-reactive ketones (excluding diaryl/α,β-unsaturated/α-hetero) is 1. The van der Waals surface area contributed by atoms with Gasteiger partial charge in [0.25, 0.3) is 0 Å². The van der Waals surface area contributed by atoms with E-state index in [2.05, 4.69) is 0 Å².